The van der Waals surface area contributed by atoms with Crippen molar-refractivity contribution in [2.75, 3.05) is 10.6 Å². The lowest BCUT2D eigenvalue weighted by atomic mass is 10.1. The lowest BCUT2D eigenvalue weighted by molar-refractivity contribution is -0.114. The van der Waals surface area contributed by atoms with Crippen molar-refractivity contribution in [3.8, 4) is 0 Å². The highest BCUT2D eigenvalue weighted by atomic mass is 19.1. The zero-order chi connectivity index (χ0) is 18.0. The summed E-state index contributed by atoms with van der Waals surface area (Å²) in [7, 11) is 0. The molecule has 1 aromatic heterocycles. The van der Waals surface area contributed by atoms with Crippen LogP contribution in [0.15, 0.2) is 53.5 Å². The molecule has 0 radical (unpaired) electrons. The number of aromatic nitrogens is 1. The predicted octanol–water partition coefficient (Wildman–Crippen LogP) is 2.88. The average molecular weight is 339 g/mol. The van der Waals surface area contributed by atoms with Gasteiger partial charge in [0.25, 0.3) is 5.91 Å². The van der Waals surface area contributed by atoms with Crippen LogP contribution in [-0.4, -0.2) is 16.8 Å². The number of hydrogen-bond donors (Lipinski definition) is 3. The molecule has 1 heterocycles. The van der Waals surface area contributed by atoms with Gasteiger partial charge in [-0.1, -0.05) is 0 Å². The molecule has 0 spiro atoms. The number of benzene rings is 2. The van der Waals surface area contributed by atoms with E-state index in [4.69, 9.17) is 0 Å². The van der Waals surface area contributed by atoms with E-state index in [1.165, 1.54) is 25.3 Å². The third-order valence-electron chi connectivity index (χ3n) is 3.55. The third-order valence-corrected chi connectivity index (χ3v) is 3.55. The van der Waals surface area contributed by atoms with Crippen molar-refractivity contribution in [2.24, 2.45) is 0 Å². The van der Waals surface area contributed by atoms with Gasteiger partial charge in [-0.15, -0.1) is 0 Å². The Morgan fingerprint density at radius 1 is 1.00 bits per heavy atom. The van der Waals surface area contributed by atoms with Gasteiger partial charge in [-0.25, -0.2) is 4.39 Å². The van der Waals surface area contributed by atoms with Crippen LogP contribution in [0, 0.1) is 5.82 Å². The fraction of sp³-hybridized carbons (Fsp3) is 0.0556. The normalized spacial score (nSPS) is 10.5. The second kappa shape index (κ2) is 6.56. The van der Waals surface area contributed by atoms with Crippen LogP contribution >= 0.6 is 0 Å². The van der Waals surface area contributed by atoms with Crippen LogP contribution < -0.4 is 16.1 Å². The minimum absolute atomic E-state index is 0.105. The molecule has 0 atom stereocenters. The van der Waals surface area contributed by atoms with Crippen LogP contribution in [0.2, 0.25) is 0 Å². The summed E-state index contributed by atoms with van der Waals surface area (Å²) < 4.78 is 13.3. The van der Waals surface area contributed by atoms with E-state index >= 15 is 0 Å². The Balaban J connectivity index is 1.86. The smallest absolute Gasteiger partial charge is 0.261 e. The van der Waals surface area contributed by atoms with E-state index < -0.39 is 17.2 Å². The minimum Gasteiger partial charge on any atom is -0.360 e. The summed E-state index contributed by atoms with van der Waals surface area (Å²) >= 11 is 0. The number of halogens is 1. The fourth-order valence-electron chi connectivity index (χ4n) is 2.40. The van der Waals surface area contributed by atoms with Gasteiger partial charge in [0.1, 0.15) is 11.4 Å². The summed E-state index contributed by atoms with van der Waals surface area (Å²) in [5, 5.41) is 5.31. The van der Waals surface area contributed by atoms with Crippen LogP contribution in [0.25, 0.3) is 10.9 Å². The van der Waals surface area contributed by atoms with Gasteiger partial charge in [0.15, 0.2) is 0 Å². The zero-order valence-corrected chi connectivity index (χ0v) is 13.2. The summed E-state index contributed by atoms with van der Waals surface area (Å²) in [6.07, 6.45) is 1.30. The third kappa shape index (κ3) is 3.55. The number of nitrogens with one attached hydrogen (secondary N) is 3. The Hall–Kier alpha value is -3.48. The SMILES string of the molecule is CC(=O)Nc1ccc(NC(=O)c2c[nH]c3ccc(F)cc3c2=O)cc1. The Bertz CT molecular complexity index is 1030. The van der Waals surface area contributed by atoms with Gasteiger partial charge in [-0.2, -0.15) is 0 Å². The van der Waals surface area contributed by atoms with Crippen molar-refractivity contribution in [2.45, 2.75) is 6.92 Å². The summed E-state index contributed by atoms with van der Waals surface area (Å²) in [5.74, 6) is -1.37. The fourth-order valence-corrected chi connectivity index (χ4v) is 2.40. The van der Waals surface area contributed by atoms with E-state index in [0.29, 0.717) is 16.9 Å². The molecule has 126 valence electrons. The first-order valence-corrected chi connectivity index (χ1v) is 7.44. The number of carbonyl (C=O) groups is 2. The van der Waals surface area contributed by atoms with Gasteiger partial charge < -0.3 is 15.6 Å². The Kier molecular flexibility index (Phi) is 4.30. The summed E-state index contributed by atoms with van der Waals surface area (Å²) in [4.78, 5) is 38.5. The molecule has 0 saturated carbocycles. The quantitative estimate of drug-likeness (QED) is 0.685. The summed E-state index contributed by atoms with van der Waals surface area (Å²) in [6, 6.07) is 10.2. The van der Waals surface area contributed by atoms with E-state index in [1.54, 1.807) is 24.3 Å². The van der Waals surface area contributed by atoms with Crippen LogP contribution in [0.1, 0.15) is 17.3 Å². The summed E-state index contributed by atoms with van der Waals surface area (Å²) in [6.45, 7) is 1.39. The maximum Gasteiger partial charge on any atom is 0.261 e. The molecule has 25 heavy (non-hydrogen) atoms. The highest BCUT2D eigenvalue weighted by molar-refractivity contribution is 6.05. The van der Waals surface area contributed by atoms with Crippen molar-refractivity contribution in [3.63, 3.8) is 0 Å². The van der Waals surface area contributed by atoms with Crippen molar-refractivity contribution in [1.29, 1.82) is 0 Å². The van der Waals surface area contributed by atoms with Gasteiger partial charge in [0, 0.05) is 35.4 Å². The minimum atomic E-state index is -0.611. The molecule has 0 aliphatic carbocycles. The van der Waals surface area contributed by atoms with Crippen LogP contribution in [0.3, 0.4) is 0 Å². The number of pyridine rings is 1. The van der Waals surface area contributed by atoms with E-state index in [0.717, 1.165) is 6.07 Å². The maximum absolute atomic E-state index is 13.3. The largest absolute Gasteiger partial charge is 0.360 e. The Labute approximate surface area is 141 Å². The maximum atomic E-state index is 13.3. The van der Waals surface area contributed by atoms with Gasteiger partial charge >= 0.3 is 0 Å². The molecule has 0 bridgehead atoms. The molecule has 0 saturated heterocycles. The monoisotopic (exact) mass is 339 g/mol. The topological polar surface area (TPSA) is 91.1 Å². The first kappa shape index (κ1) is 16.4. The number of amides is 2. The van der Waals surface area contributed by atoms with Crippen molar-refractivity contribution < 1.29 is 14.0 Å². The number of hydrogen-bond acceptors (Lipinski definition) is 3. The number of carbonyl (C=O) groups excluding carboxylic acids is 2. The van der Waals surface area contributed by atoms with Gasteiger partial charge in [0.05, 0.1) is 0 Å². The highest BCUT2D eigenvalue weighted by Crippen LogP contribution is 2.15. The average Bonchev–Trinajstić information content (AvgIpc) is 2.57. The van der Waals surface area contributed by atoms with Gasteiger partial charge in [-0.3, -0.25) is 14.4 Å². The number of fused-ring (bicyclic) bond motifs is 1. The van der Waals surface area contributed by atoms with Gasteiger partial charge in [0.2, 0.25) is 11.3 Å². The summed E-state index contributed by atoms with van der Waals surface area (Å²) in [5.41, 5.74) is 0.814. The molecule has 6 nitrogen and oxygen atoms in total. The first-order valence-electron chi connectivity index (χ1n) is 7.44. The van der Waals surface area contributed by atoms with Crippen molar-refractivity contribution in [3.05, 3.63) is 70.3 Å². The molecular weight excluding hydrogens is 325 g/mol. The molecule has 0 aliphatic heterocycles. The molecule has 3 aromatic rings. The van der Waals surface area contributed by atoms with E-state index in [-0.39, 0.29) is 16.9 Å². The second-order valence-electron chi connectivity index (χ2n) is 5.43. The molecular formula is C18H14FN3O3. The number of H-pyrrole nitrogens is 1. The van der Waals surface area contributed by atoms with Crippen LogP contribution in [0.5, 0.6) is 0 Å². The first-order chi connectivity index (χ1) is 11.9. The Morgan fingerprint density at radius 3 is 2.28 bits per heavy atom. The van der Waals surface area contributed by atoms with E-state index in [9.17, 15) is 18.8 Å². The van der Waals surface area contributed by atoms with Crippen LogP contribution in [0.4, 0.5) is 15.8 Å². The molecule has 2 amide bonds. The lowest BCUT2D eigenvalue weighted by Gasteiger charge is -2.07. The zero-order valence-electron chi connectivity index (χ0n) is 13.2. The molecule has 0 fully saturated rings. The highest BCUT2D eigenvalue weighted by Gasteiger charge is 2.13. The molecule has 7 heteroatoms. The molecule has 0 aliphatic rings. The molecule has 2 aromatic carbocycles. The second-order valence-corrected chi connectivity index (χ2v) is 5.43. The predicted molar refractivity (Wildman–Crippen MR) is 93.2 cm³/mol. The Morgan fingerprint density at radius 2 is 1.64 bits per heavy atom. The van der Waals surface area contributed by atoms with E-state index in [1.807, 2.05) is 0 Å². The number of aromatic amines is 1. The lowest BCUT2D eigenvalue weighted by Crippen LogP contribution is -2.22. The van der Waals surface area contributed by atoms with Gasteiger partial charge in [-0.05, 0) is 42.5 Å². The number of anilines is 2. The van der Waals surface area contributed by atoms with Crippen molar-refractivity contribution in [1.82, 2.24) is 4.98 Å². The molecule has 0 unspecified atom stereocenters. The van der Waals surface area contributed by atoms with Crippen molar-refractivity contribution >= 4 is 34.1 Å². The standard InChI is InChI=1S/C18H14FN3O3/c1-10(23)21-12-3-5-13(6-4-12)22-18(25)15-9-20-16-7-2-11(19)8-14(16)17(15)24/h2-9H,1H3,(H,20,24)(H,21,23)(H,22,25). The van der Waals surface area contributed by atoms with Crippen LogP contribution in [-0.2, 0) is 4.79 Å². The number of rotatable bonds is 3. The van der Waals surface area contributed by atoms with E-state index in [2.05, 4.69) is 15.6 Å². The molecule has 3 rings (SSSR count). The molecule has 3 N–H and O–H groups in total.